The van der Waals surface area contributed by atoms with Gasteiger partial charge < -0.3 is 5.32 Å². The summed E-state index contributed by atoms with van der Waals surface area (Å²) < 4.78 is 1.74. The van der Waals surface area contributed by atoms with Gasteiger partial charge in [0.25, 0.3) is 0 Å². The van der Waals surface area contributed by atoms with Gasteiger partial charge in [0.15, 0.2) is 0 Å². The molecule has 0 radical (unpaired) electrons. The second-order valence-corrected chi connectivity index (χ2v) is 7.22. The first-order valence-electron chi connectivity index (χ1n) is 9.46. The molecule has 1 saturated heterocycles. The van der Waals surface area contributed by atoms with Crippen molar-refractivity contribution in [2.24, 2.45) is 5.92 Å². The van der Waals surface area contributed by atoms with Crippen LogP contribution in [0.5, 0.6) is 0 Å². The third kappa shape index (κ3) is 4.02. The van der Waals surface area contributed by atoms with Gasteiger partial charge in [-0.25, -0.2) is 0 Å². The fourth-order valence-electron chi connectivity index (χ4n) is 3.77. The van der Waals surface area contributed by atoms with Crippen LogP contribution in [0, 0.1) is 12.8 Å². The fraction of sp³-hybridized carbons (Fsp3) is 0.450. The van der Waals surface area contributed by atoms with E-state index < -0.39 is 0 Å². The maximum Gasteiger partial charge on any atom is 0.200 e. The van der Waals surface area contributed by atoms with Crippen molar-refractivity contribution in [3.8, 4) is 0 Å². The van der Waals surface area contributed by atoms with Crippen molar-refractivity contribution in [3.05, 3.63) is 54.0 Å². The molecule has 3 heterocycles. The Labute approximate surface area is 154 Å². The van der Waals surface area contributed by atoms with Crippen molar-refractivity contribution < 1.29 is 0 Å². The van der Waals surface area contributed by atoms with Gasteiger partial charge in [0.2, 0.25) is 5.65 Å². The number of aryl methyl sites for hydroxylation is 1. The summed E-state index contributed by atoms with van der Waals surface area (Å²) in [5.41, 5.74) is 4.21. The molecule has 0 spiro atoms. The minimum atomic E-state index is 0.798. The van der Waals surface area contributed by atoms with E-state index in [1.807, 2.05) is 13.0 Å². The number of hydrogen-bond donors (Lipinski definition) is 1. The molecule has 0 bridgehead atoms. The van der Waals surface area contributed by atoms with E-state index in [0.717, 1.165) is 36.0 Å². The van der Waals surface area contributed by atoms with E-state index in [1.54, 1.807) is 10.8 Å². The standard InChI is InChI=1S/C20H26N6/c1-16-13-19(20-23-22-15-26(20)24-16)21-10-7-17-8-11-25(12-9-17)14-18-5-3-2-4-6-18/h2-6,13,15,17,21H,7-12,14H2,1H3. The smallest absolute Gasteiger partial charge is 0.200 e. The lowest BCUT2D eigenvalue weighted by atomic mass is 9.93. The SMILES string of the molecule is Cc1cc(NCCC2CCN(Cc3ccccc3)CC2)c2nncn2n1. The zero-order valence-electron chi connectivity index (χ0n) is 15.3. The number of likely N-dealkylation sites (tertiary alicyclic amines) is 1. The van der Waals surface area contributed by atoms with E-state index >= 15 is 0 Å². The molecule has 136 valence electrons. The number of nitrogens with one attached hydrogen (secondary N) is 1. The number of anilines is 1. The van der Waals surface area contributed by atoms with Gasteiger partial charge in [0, 0.05) is 13.1 Å². The van der Waals surface area contributed by atoms with E-state index in [9.17, 15) is 0 Å². The Morgan fingerprint density at radius 2 is 1.96 bits per heavy atom. The molecule has 0 amide bonds. The highest BCUT2D eigenvalue weighted by molar-refractivity contribution is 5.66. The Morgan fingerprint density at radius 3 is 2.77 bits per heavy atom. The topological polar surface area (TPSA) is 58.3 Å². The number of benzene rings is 1. The Balaban J connectivity index is 1.24. The van der Waals surface area contributed by atoms with Crippen LogP contribution in [0.25, 0.3) is 5.65 Å². The zero-order chi connectivity index (χ0) is 17.8. The quantitative estimate of drug-likeness (QED) is 0.740. The van der Waals surface area contributed by atoms with Gasteiger partial charge in [-0.05, 0) is 56.8 Å². The van der Waals surface area contributed by atoms with Gasteiger partial charge in [0.05, 0.1) is 11.4 Å². The van der Waals surface area contributed by atoms with Crippen molar-refractivity contribution in [1.82, 2.24) is 24.7 Å². The van der Waals surface area contributed by atoms with Crippen LogP contribution in [-0.4, -0.2) is 44.3 Å². The van der Waals surface area contributed by atoms with E-state index in [4.69, 9.17) is 0 Å². The lowest BCUT2D eigenvalue weighted by Crippen LogP contribution is -2.33. The fourth-order valence-corrected chi connectivity index (χ4v) is 3.77. The number of nitrogens with zero attached hydrogens (tertiary/aromatic N) is 5. The summed E-state index contributed by atoms with van der Waals surface area (Å²) in [5, 5.41) is 16.0. The predicted molar refractivity (Wildman–Crippen MR) is 103 cm³/mol. The van der Waals surface area contributed by atoms with Gasteiger partial charge in [-0.1, -0.05) is 30.3 Å². The van der Waals surface area contributed by atoms with Gasteiger partial charge in [-0.15, -0.1) is 10.2 Å². The predicted octanol–water partition coefficient (Wildman–Crippen LogP) is 3.15. The lowest BCUT2D eigenvalue weighted by molar-refractivity contribution is 0.174. The Kier molecular flexibility index (Phi) is 5.11. The molecule has 1 N–H and O–H groups in total. The molecule has 6 nitrogen and oxygen atoms in total. The summed E-state index contributed by atoms with van der Waals surface area (Å²) in [6.07, 6.45) is 5.41. The number of piperidine rings is 1. The number of aromatic nitrogens is 4. The molecule has 0 aliphatic carbocycles. The van der Waals surface area contributed by atoms with Gasteiger partial charge in [0.1, 0.15) is 6.33 Å². The highest BCUT2D eigenvalue weighted by Crippen LogP contribution is 2.22. The summed E-state index contributed by atoms with van der Waals surface area (Å²) in [7, 11) is 0. The minimum Gasteiger partial charge on any atom is -0.382 e. The molecule has 1 aliphatic heterocycles. The number of fused-ring (bicyclic) bond motifs is 1. The lowest BCUT2D eigenvalue weighted by Gasteiger charge is -2.32. The first kappa shape index (κ1) is 17.0. The average Bonchev–Trinajstić information content (AvgIpc) is 3.12. The molecule has 0 atom stereocenters. The van der Waals surface area contributed by atoms with Crippen LogP contribution in [0.2, 0.25) is 0 Å². The van der Waals surface area contributed by atoms with E-state index in [0.29, 0.717) is 0 Å². The highest BCUT2D eigenvalue weighted by Gasteiger charge is 2.19. The molecule has 4 rings (SSSR count). The van der Waals surface area contributed by atoms with Crippen molar-refractivity contribution >= 4 is 11.3 Å². The highest BCUT2D eigenvalue weighted by atomic mass is 15.3. The molecular weight excluding hydrogens is 324 g/mol. The van der Waals surface area contributed by atoms with Crippen LogP contribution >= 0.6 is 0 Å². The minimum absolute atomic E-state index is 0.798. The monoisotopic (exact) mass is 350 g/mol. The molecule has 1 aliphatic rings. The van der Waals surface area contributed by atoms with E-state index in [2.05, 4.69) is 55.8 Å². The average molecular weight is 350 g/mol. The molecular formula is C20H26N6. The van der Waals surface area contributed by atoms with Gasteiger partial charge in [-0.2, -0.15) is 9.61 Å². The first-order valence-corrected chi connectivity index (χ1v) is 9.46. The Morgan fingerprint density at radius 1 is 1.15 bits per heavy atom. The van der Waals surface area contributed by atoms with Crippen LogP contribution in [0.1, 0.15) is 30.5 Å². The van der Waals surface area contributed by atoms with Crippen LogP contribution in [-0.2, 0) is 6.54 Å². The third-order valence-corrected chi connectivity index (χ3v) is 5.21. The van der Waals surface area contributed by atoms with E-state index in [-0.39, 0.29) is 0 Å². The maximum absolute atomic E-state index is 4.38. The summed E-state index contributed by atoms with van der Waals surface area (Å²) in [4.78, 5) is 2.57. The van der Waals surface area contributed by atoms with Crippen LogP contribution < -0.4 is 5.32 Å². The summed E-state index contributed by atoms with van der Waals surface area (Å²) in [5.74, 6) is 0.798. The van der Waals surface area contributed by atoms with Crippen LogP contribution in [0.15, 0.2) is 42.7 Å². The largest absolute Gasteiger partial charge is 0.382 e. The maximum atomic E-state index is 4.38. The van der Waals surface area contributed by atoms with E-state index in [1.165, 1.54) is 37.9 Å². The molecule has 6 heteroatoms. The third-order valence-electron chi connectivity index (χ3n) is 5.21. The van der Waals surface area contributed by atoms with Crippen molar-refractivity contribution in [2.45, 2.75) is 32.7 Å². The van der Waals surface area contributed by atoms with Crippen molar-refractivity contribution in [1.29, 1.82) is 0 Å². The zero-order valence-corrected chi connectivity index (χ0v) is 15.3. The normalized spacial score (nSPS) is 16.2. The van der Waals surface area contributed by atoms with Gasteiger partial charge >= 0.3 is 0 Å². The molecule has 2 aromatic heterocycles. The van der Waals surface area contributed by atoms with Crippen LogP contribution in [0.3, 0.4) is 0 Å². The second-order valence-electron chi connectivity index (χ2n) is 7.22. The van der Waals surface area contributed by atoms with Crippen molar-refractivity contribution in [2.75, 3.05) is 25.0 Å². The number of hydrogen-bond acceptors (Lipinski definition) is 5. The molecule has 1 fully saturated rings. The summed E-state index contributed by atoms with van der Waals surface area (Å²) >= 11 is 0. The molecule has 0 unspecified atom stereocenters. The molecule has 3 aromatic rings. The Bertz CT molecular complexity index is 836. The molecule has 26 heavy (non-hydrogen) atoms. The Hall–Kier alpha value is -2.47. The number of rotatable bonds is 6. The summed E-state index contributed by atoms with van der Waals surface area (Å²) in [6, 6.07) is 12.8. The van der Waals surface area contributed by atoms with Crippen LogP contribution in [0.4, 0.5) is 5.69 Å². The van der Waals surface area contributed by atoms with Gasteiger partial charge in [-0.3, -0.25) is 4.90 Å². The molecule has 0 saturated carbocycles. The summed E-state index contributed by atoms with van der Waals surface area (Å²) in [6.45, 7) is 6.43. The second kappa shape index (κ2) is 7.83. The first-order chi connectivity index (χ1) is 12.8. The molecule has 1 aromatic carbocycles. The van der Waals surface area contributed by atoms with Crippen molar-refractivity contribution in [3.63, 3.8) is 0 Å².